The molecule has 0 radical (unpaired) electrons. The van der Waals surface area contributed by atoms with Crippen molar-refractivity contribution in [3.05, 3.63) is 76.3 Å². The number of pyridine rings is 1. The fourth-order valence-corrected chi connectivity index (χ4v) is 5.20. The molecule has 1 fully saturated rings. The average Bonchev–Trinajstić information content (AvgIpc) is 3.12. The first-order chi connectivity index (χ1) is 15.5. The molecule has 2 aromatic heterocycles. The summed E-state index contributed by atoms with van der Waals surface area (Å²) < 4.78 is 5.25. The predicted molar refractivity (Wildman–Crippen MR) is 127 cm³/mol. The number of nitrogens with zero attached hydrogens (tertiary/aromatic N) is 3. The van der Waals surface area contributed by atoms with Crippen LogP contribution >= 0.6 is 11.8 Å². The molecule has 0 saturated carbocycles. The fraction of sp³-hybridized carbons (Fsp3) is 0.400. The lowest BCUT2D eigenvalue weighted by Crippen LogP contribution is -2.44. The van der Waals surface area contributed by atoms with Crippen LogP contribution in [0.25, 0.3) is 0 Å². The van der Waals surface area contributed by atoms with Gasteiger partial charge >= 0.3 is 0 Å². The Bertz CT molecular complexity index is 1050. The zero-order valence-electron chi connectivity index (χ0n) is 18.9. The summed E-state index contributed by atoms with van der Waals surface area (Å²) in [5.41, 5.74) is 5.29. The molecule has 1 saturated heterocycles. The first-order valence-electron chi connectivity index (χ1n) is 11.1. The standard InChI is InChI=1S/C25H30N4O2S/c1-17-7-4-5-8-20(17)15-29-13-10-21(11-14-29)27-24(30)22-9-6-12-26-25(22)32-16-23-18(2)28-31-19(23)3/h4-9,12,21H,10-11,13-16H2,1-3H3,(H,27,30). The molecule has 4 rings (SSSR count). The number of aromatic nitrogens is 2. The van der Waals surface area contributed by atoms with Crippen LogP contribution in [0.15, 0.2) is 52.1 Å². The number of aryl methyl sites for hydroxylation is 3. The molecule has 1 amide bonds. The normalized spacial score (nSPS) is 15.1. The quantitative estimate of drug-likeness (QED) is 0.527. The number of hydrogen-bond acceptors (Lipinski definition) is 6. The van der Waals surface area contributed by atoms with E-state index < -0.39 is 0 Å². The maximum atomic E-state index is 13.0. The minimum absolute atomic E-state index is 0.0447. The molecule has 7 heteroatoms. The van der Waals surface area contributed by atoms with Crippen molar-refractivity contribution in [1.29, 1.82) is 0 Å². The molecule has 0 bridgehead atoms. The number of rotatable bonds is 7. The number of thioether (sulfide) groups is 1. The Morgan fingerprint density at radius 1 is 1.16 bits per heavy atom. The van der Waals surface area contributed by atoms with Crippen LogP contribution in [0.3, 0.4) is 0 Å². The maximum Gasteiger partial charge on any atom is 0.254 e. The Morgan fingerprint density at radius 2 is 1.94 bits per heavy atom. The molecule has 1 aromatic carbocycles. The highest BCUT2D eigenvalue weighted by Crippen LogP contribution is 2.27. The van der Waals surface area contributed by atoms with Crippen molar-refractivity contribution in [3.8, 4) is 0 Å². The van der Waals surface area contributed by atoms with Gasteiger partial charge in [-0.15, -0.1) is 11.8 Å². The number of hydrogen-bond donors (Lipinski definition) is 1. The highest BCUT2D eigenvalue weighted by molar-refractivity contribution is 7.98. The van der Waals surface area contributed by atoms with Crippen LogP contribution in [0.5, 0.6) is 0 Å². The summed E-state index contributed by atoms with van der Waals surface area (Å²) in [6, 6.07) is 12.4. The van der Waals surface area contributed by atoms with Gasteiger partial charge in [0.2, 0.25) is 0 Å². The van der Waals surface area contributed by atoms with E-state index in [0.717, 1.165) is 54.5 Å². The Balaban J connectivity index is 1.32. The molecule has 0 spiro atoms. The molecule has 3 aromatic rings. The first kappa shape index (κ1) is 22.6. The van der Waals surface area contributed by atoms with Crippen molar-refractivity contribution < 1.29 is 9.32 Å². The number of carbonyl (C=O) groups excluding carboxylic acids is 1. The van der Waals surface area contributed by atoms with E-state index in [4.69, 9.17) is 4.52 Å². The molecule has 0 aliphatic carbocycles. The van der Waals surface area contributed by atoms with Crippen LogP contribution in [0, 0.1) is 20.8 Å². The summed E-state index contributed by atoms with van der Waals surface area (Å²) in [6.45, 7) is 8.95. The minimum atomic E-state index is -0.0447. The monoisotopic (exact) mass is 450 g/mol. The van der Waals surface area contributed by atoms with Crippen LogP contribution in [-0.4, -0.2) is 40.1 Å². The van der Waals surface area contributed by atoms with E-state index >= 15 is 0 Å². The van der Waals surface area contributed by atoms with Crippen molar-refractivity contribution in [2.45, 2.75) is 57.0 Å². The molecule has 1 aliphatic heterocycles. The van der Waals surface area contributed by atoms with Crippen LogP contribution < -0.4 is 5.32 Å². The SMILES string of the molecule is Cc1ccccc1CN1CCC(NC(=O)c2cccnc2SCc2c(C)noc2C)CC1. The van der Waals surface area contributed by atoms with Crippen molar-refractivity contribution >= 4 is 17.7 Å². The van der Waals surface area contributed by atoms with E-state index in [1.807, 2.05) is 26.0 Å². The van der Waals surface area contributed by atoms with Gasteiger partial charge < -0.3 is 9.84 Å². The number of piperidine rings is 1. The predicted octanol–water partition coefficient (Wildman–Crippen LogP) is 4.68. The number of carbonyl (C=O) groups is 1. The van der Waals surface area contributed by atoms with Gasteiger partial charge in [-0.1, -0.05) is 29.4 Å². The zero-order valence-corrected chi connectivity index (χ0v) is 19.7. The van der Waals surface area contributed by atoms with Crippen LogP contribution in [-0.2, 0) is 12.3 Å². The molecule has 168 valence electrons. The third kappa shape index (κ3) is 5.40. The highest BCUT2D eigenvalue weighted by Gasteiger charge is 2.23. The highest BCUT2D eigenvalue weighted by atomic mass is 32.2. The minimum Gasteiger partial charge on any atom is -0.361 e. The van der Waals surface area contributed by atoms with Crippen molar-refractivity contribution in [1.82, 2.24) is 20.4 Å². The van der Waals surface area contributed by atoms with Gasteiger partial charge in [0.1, 0.15) is 10.8 Å². The van der Waals surface area contributed by atoms with E-state index in [-0.39, 0.29) is 11.9 Å². The molecular weight excluding hydrogens is 420 g/mol. The largest absolute Gasteiger partial charge is 0.361 e. The van der Waals surface area contributed by atoms with E-state index in [2.05, 4.69) is 51.5 Å². The molecule has 1 N–H and O–H groups in total. The smallest absolute Gasteiger partial charge is 0.254 e. The first-order valence-corrected chi connectivity index (χ1v) is 12.1. The Morgan fingerprint density at radius 3 is 2.66 bits per heavy atom. The van der Waals surface area contributed by atoms with Crippen LogP contribution in [0.4, 0.5) is 0 Å². The van der Waals surface area contributed by atoms with E-state index in [1.54, 1.807) is 18.0 Å². The number of benzene rings is 1. The van der Waals surface area contributed by atoms with Gasteiger partial charge in [0.25, 0.3) is 5.91 Å². The van der Waals surface area contributed by atoms with Crippen LogP contribution in [0.2, 0.25) is 0 Å². The van der Waals surface area contributed by atoms with E-state index in [9.17, 15) is 4.79 Å². The van der Waals surface area contributed by atoms with E-state index in [0.29, 0.717) is 11.3 Å². The lowest BCUT2D eigenvalue weighted by atomic mass is 10.0. The van der Waals surface area contributed by atoms with Crippen molar-refractivity contribution in [2.24, 2.45) is 0 Å². The van der Waals surface area contributed by atoms with Gasteiger partial charge in [-0.25, -0.2) is 4.98 Å². The van der Waals surface area contributed by atoms with Crippen molar-refractivity contribution in [2.75, 3.05) is 13.1 Å². The summed E-state index contributed by atoms with van der Waals surface area (Å²) >= 11 is 1.55. The summed E-state index contributed by atoms with van der Waals surface area (Å²) in [6.07, 6.45) is 3.65. The molecular formula is C25H30N4O2S. The Hall–Kier alpha value is -2.64. The number of nitrogens with one attached hydrogen (secondary N) is 1. The molecule has 0 atom stereocenters. The van der Waals surface area contributed by atoms with Gasteiger partial charge in [-0.2, -0.15) is 0 Å². The molecule has 6 nitrogen and oxygen atoms in total. The Kier molecular flexibility index (Phi) is 7.27. The second-order valence-corrected chi connectivity index (χ2v) is 9.36. The summed E-state index contributed by atoms with van der Waals surface area (Å²) in [4.78, 5) is 20.0. The van der Waals surface area contributed by atoms with Crippen molar-refractivity contribution in [3.63, 3.8) is 0 Å². The number of likely N-dealkylation sites (tertiary alicyclic amines) is 1. The molecule has 32 heavy (non-hydrogen) atoms. The zero-order chi connectivity index (χ0) is 22.5. The topological polar surface area (TPSA) is 71.3 Å². The van der Waals surface area contributed by atoms with Crippen LogP contribution in [0.1, 0.15) is 51.3 Å². The van der Waals surface area contributed by atoms with Gasteiger partial charge in [-0.05, 0) is 56.9 Å². The Labute approximate surface area is 193 Å². The second kappa shape index (κ2) is 10.3. The lowest BCUT2D eigenvalue weighted by Gasteiger charge is -2.32. The third-order valence-corrected chi connectivity index (χ3v) is 7.16. The molecule has 3 heterocycles. The average molecular weight is 451 g/mol. The lowest BCUT2D eigenvalue weighted by molar-refractivity contribution is 0.0905. The fourth-order valence-electron chi connectivity index (χ4n) is 4.05. The number of amides is 1. The summed E-state index contributed by atoms with van der Waals surface area (Å²) in [7, 11) is 0. The van der Waals surface area contributed by atoms with Gasteiger partial charge in [0, 0.05) is 43.2 Å². The summed E-state index contributed by atoms with van der Waals surface area (Å²) in [5, 5.41) is 7.98. The van der Waals surface area contributed by atoms with Gasteiger partial charge in [0.05, 0.1) is 11.3 Å². The maximum absolute atomic E-state index is 13.0. The molecule has 1 aliphatic rings. The second-order valence-electron chi connectivity index (χ2n) is 8.40. The third-order valence-electron chi connectivity index (χ3n) is 6.13. The van der Waals surface area contributed by atoms with Gasteiger partial charge in [-0.3, -0.25) is 9.69 Å². The van der Waals surface area contributed by atoms with Gasteiger partial charge in [0.15, 0.2) is 0 Å². The molecule has 0 unspecified atom stereocenters. The van der Waals surface area contributed by atoms with E-state index in [1.165, 1.54) is 11.1 Å². The summed E-state index contributed by atoms with van der Waals surface area (Å²) in [5.74, 6) is 1.45.